The summed E-state index contributed by atoms with van der Waals surface area (Å²) in [7, 11) is 0. The van der Waals surface area contributed by atoms with Crippen LogP contribution in [0.25, 0.3) is 56.0 Å². The van der Waals surface area contributed by atoms with Crippen molar-refractivity contribution in [2.75, 3.05) is 0 Å². The van der Waals surface area contributed by atoms with E-state index in [4.69, 9.17) is 19.9 Å². The normalized spacial score (nSPS) is 12.4. The van der Waals surface area contributed by atoms with Crippen molar-refractivity contribution in [3.05, 3.63) is 243 Å². The lowest BCUT2D eigenvalue weighted by Gasteiger charge is -2.09. The number of benzene rings is 2. The highest BCUT2D eigenvalue weighted by atomic mass is 14.8. The smallest absolute Gasteiger partial charge is 0.0762 e. The van der Waals surface area contributed by atoms with Gasteiger partial charge in [-0.05, 0) is 248 Å². The average Bonchev–Trinajstić information content (AvgIpc) is 4.36. The van der Waals surface area contributed by atoms with E-state index in [2.05, 4.69) is 197 Å². The first-order valence-electron chi connectivity index (χ1n) is 28.6. The molecule has 0 bridgehead atoms. The van der Waals surface area contributed by atoms with E-state index in [1.165, 1.54) is 145 Å². The van der Waals surface area contributed by atoms with E-state index >= 15 is 0 Å². The molecule has 0 unspecified atom stereocenters. The topological polar surface area (TPSA) is 103 Å². The molecule has 0 amide bonds. The number of hydrogen-bond acceptors (Lipinski definition) is 8. The van der Waals surface area contributed by atoms with Gasteiger partial charge < -0.3 is 0 Å². The Morgan fingerprint density at radius 2 is 0.790 bits per heavy atom. The Balaban J connectivity index is 0.000000107. The Labute approximate surface area is 479 Å². The van der Waals surface area contributed by atoms with Gasteiger partial charge in [-0.2, -0.15) is 0 Å². The lowest BCUT2D eigenvalue weighted by Crippen LogP contribution is -1.97. The van der Waals surface area contributed by atoms with Crippen LogP contribution in [0.15, 0.2) is 97.5 Å². The molecule has 8 heterocycles. The third kappa shape index (κ3) is 10.2. The molecule has 8 heteroatoms. The minimum Gasteiger partial charge on any atom is -0.260 e. The molecule has 406 valence electrons. The van der Waals surface area contributed by atoms with E-state index in [-0.39, 0.29) is 0 Å². The van der Waals surface area contributed by atoms with Crippen LogP contribution in [0.3, 0.4) is 0 Å². The zero-order chi connectivity index (χ0) is 57.3. The first-order chi connectivity index (χ1) is 38.7. The molecule has 5 aliphatic rings. The first-order valence-corrected chi connectivity index (χ1v) is 28.6. The summed E-state index contributed by atoms with van der Waals surface area (Å²) in [4.78, 5) is 36.8. The molecule has 15 rings (SSSR count). The number of hydrogen-bond donors (Lipinski definition) is 0. The molecule has 8 nitrogen and oxygen atoms in total. The molecule has 2 aromatic carbocycles. The summed E-state index contributed by atoms with van der Waals surface area (Å²) in [6.07, 6.45) is 10.4. The fourth-order valence-electron chi connectivity index (χ4n) is 12.3. The lowest BCUT2D eigenvalue weighted by atomic mass is 9.98. The molecular formula is C73H74N8. The maximum atomic E-state index is 4.74. The molecule has 0 spiro atoms. The molecule has 8 aromatic heterocycles. The van der Waals surface area contributed by atoms with Crippen LogP contribution in [-0.2, 0) is 32.1 Å². The largest absolute Gasteiger partial charge is 0.260 e. The van der Waals surface area contributed by atoms with Crippen molar-refractivity contribution in [3.8, 4) is 56.0 Å². The molecule has 0 saturated heterocycles. The zero-order valence-corrected chi connectivity index (χ0v) is 50.4. The number of aromatic nitrogens is 8. The molecule has 0 saturated carbocycles. The molecule has 81 heavy (non-hydrogen) atoms. The van der Waals surface area contributed by atoms with Crippen molar-refractivity contribution in [1.29, 1.82) is 0 Å². The third-order valence-corrected chi connectivity index (χ3v) is 17.9. The summed E-state index contributed by atoms with van der Waals surface area (Å²) in [6.45, 7) is 34.2. The van der Waals surface area contributed by atoms with E-state index in [1.54, 1.807) is 0 Å². The van der Waals surface area contributed by atoms with Crippen LogP contribution in [0.5, 0.6) is 0 Å². The number of aryl methyl sites for hydroxylation is 13. The van der Waals surface area contributed by atoms with E-state index in [0.29, 0.717) is 0 Å². The molecule has 5 aliphatic carbocycles. The highest BCUT2D eigenvalue weighted by Gasteiger charge is 2.27. The van der Waals surface area contributed by atoms with Gasteiger partial charge in [-0.15, -0.1) is 0 Å². The van der Waals surface area contributed by atoms with E-state index in [0.717, 1.165) is 89.0 Å². The van der Waals surface area contributed by atoms with E-state index < -0.39 is 0 Å². The third-order valence-electron chi connectivity index (χ3n) is 17.9. The van der Waals surface area contributed by atoms with Crippen molar-refractivity contribution in [2.24, 2.45) is 0 Å². The summed E-state index contributed by atoms with van der Waals surface area (Å²) in [6, 6.07) is 28.4. The number of rotatable bonds is 0. The Morgan fingerprint density at radius 1 is 0.284 bits per heavy atom. The Bertz CT molecular complexity index is 4220. The predicted molar refractivity (Wildman–Crippen MR) is 332 cm³/mol. The highest BCUT2D eigenvalue weighted by Crippen LogP contribution is 2.42. The standard InChI is InChI=1S/2C16H17N.2C14H14N2.C13H12N2/c1-9-5-11(3)13-8-16-15(14(13)6-9)7-10(2)12(4)17-16;1-9-5-6-13-14(11(9)3)8-16-15(13)7-10(2)12(4)17-16;1-8-4-5-15-12-7-11-6-9(2)10(3)16-14(11)13(8)12;1-8-9(2)12-7-13-11(5-4-6-15-13)14(12)16-10(8)3;1-8-6-10-7-12-11(4-3-5-14-12)13(10)15-9(8)2/h2*5-7H,8H2,1-4H3;2*4-6H,7H2,1-3H3;3-6H,7H2,1-2H3. The van der Waals surface area contributed by atoms with Crippen LogP contribution in [0, 0.1) is 111 Å². The lowest BCUT2D eigenvalue weighted by molar-refractivity contribution is 1.04. The Kier molecular flexibility index (Phi) is 14.6. The molecular weight excluding hydrogens is 989 g/mol. The minimum absolute atomic E-state index is 0.930. The van der Waals surface area contributed by atoms with Gasteiger partial charge in [0.25, 0.3) is 0 Å². The van der Waals surface area contributed by atoms with Crippen molar-refractivity contribution in [1.82, 2.24) is 39.9 Å². The molecule has 10 aromatic rings. The first kappa shape index (κ1) is 54.6. The minimum atomic E-state index is 0.930. The zero-order valence-electron chi connectivity index (χ0n) is 50.4. The van der Waals surface area contributed by atoms with Crippen LogP contribution in [0.1, 0.15) is 146 Å². The summed E-state index contributed by atoms with van der Waals surface area (Å²) in [5, 5.41) is 0. The Morgan fingerprint density at radius 3 is 1.44 bits per heavy atom. The SMILES string of the molecule is Cc1cc(C)c2c(c1)-c1cc(C)c(C)nc1C2.Cc1cc2c(nc1C)-c1c(C)ccnc1C2.Cc1cc2c(nc1C)-c1cccnc1C2.Cc1cc2c(nc1C)Cc1c-2ccc(C)c1C.Cc1nc2c(c(C)c1C)Cc1ncccc1-2. The van der Waals surface area contributed by atoms with E-state index in [9.17, 15) is 0 Å². The highest BCUT2D eigenvalue weighted by molar-refractivity contribution is 5.80. The summed E-state index contributed by atoms with van der Waals surface area (Å²) in [5.41, 5.74) is 45.8. The van der Waals surface area contributed by atoms with Gasteiger partial charge in [-0.1, -0.05) is 42.0 Å². The number of nitrogens with zero attached hydrogens (tertiary/aromatic N) is 8. The molecule has 0 aliphatic heterocycles. The van der Waals surface area contributed by atoms with Crippen LogP contribution < -0.4 is 0 Å². The van der Waals surface area contributed by atoms with Crippen molar-refractivity contribution in [2.45, 2.75) is 143 Å². The summed E-state index contributed by atoms with van der Waals surface area (Å²) < 4.78 is 0. The van der Waals surface area contributed by atoms with Crippen molar-refractivity contribution >= 4 is 0 Å². The second kappa shape index (κ2) is 21.6. The van der Waals surface area contributed by atoms with Gasteiger partial charge >= 0.3 is 0 Å². The summed E-state index contributed by atoms with van der Waals surface area (Å²) in [5.74, 6) is 0. The molecule has 0 fully saturated rings. The van der Waals surface area contributed by atoms with Gasteiger partial charge in [0.1, 0.15) is 0 Å². The van der Waals surface area contributed by atoms with Crippen molar-refractivity contribution < 1.29 is 0 Å². The maximum absolute atomic E-state index is 4.74. The van der Waals surface area contributed by atoms with Gasteiger partial charge in [0, 0.05) is 107 Å². The van der Waals surface area contributed by atoms with Crippen LogP contribution in [0.4, 0.5) is 0 Å². The monoisotopic (exact) mass is 1060 g/mol. The van der Waals surface area contributed by atoms with Gasteiger partial charge in [-0.3, -0.25) is 39.9 Å². The van der Waals surface area contributed by atoms with Crippen LogP contribution in [-0.4, -0.2) is 39.9 Å². The average molecular weight is 1060 g/mol. The number of fused-ring (bicyclic) bond motifs is 15. The van der Waals surface area contributed by atoms with Crippen LogP contribution in [0.2, 0.25) is 0 Å². The van der Waals surface area contributed by atoms with Gasteiger partial charge in [0.15, 0.2) is 0 Å². The fourth-order valence-corrected chi connectivity index (χ4v) is 12.3. The number of pyridine rings is 8. The quantitative estimate of drug-likeness (QED) is 0.148. The van der Waals surface area contributed by atoms with Crippen molar-refractivity contribution in [3.63, 3.8) is 0 Å². The predicted octanol–water partition coefficient (Wildman–Crippen LogP) is 16.4. The maximum Gasteiger partial charge on any atom is 0.0762 e. The second-order valence-electron chi connectivity index (χ2n) is 23.3. The summed E-state index contributed by atoms with van der Waals surface area (Å²) >= 11 is 0. The second-order valence-corrected chi connectivity index (χ2v) is 23.3. The van der Waals surface area contributed by atoms with Gasteiger partial charge in [0.05, 0.1) is 45.6 Å². The van der Waals surface area contributed by atoms with E-state index in [1.807, 2.05) is 30.7 Å². The van der Waals surface area contributed by atoms with Gasteiger partial charge in [0.2, 0.25) is 0 Å². The molecule has 0 radical (unpaired) electrons. The van der Waals surface area contributed by atoms with Crippen LogP contribution >= 0.6 is 0 Å². The molecule has 0 atom stereocenters. The fraction of sp³-hybridized carbons (Fsp3) is 0.288. The molecule has 0 N–H and O–H groups in total. The van der Waals surface area contributed by atoms with Gasteiger partial charge in [-0.25, -0.2) is 0 Å². The Hall–Kier alpha value is -8.36.